The van der Waals surface area contributed by atoms with Crippen molar-refractivity contribution < 1.29 is 9.90 Å². The normalized spacial score (nSPS) is 9.90. The molecular weight excluding hydrogens is 323 g/mol. The van der Waals surface area contributed by atoms with Gasteiger partial charge in [-0.2, -0.15) is 0 Å². The maximum absolute atomic E-state index is 10.1. The fourth-order valence-electron chi connectivity index (χ4n) is 0.347. The molecule has 0 aromatic rings. The molecule has 3 heteroatoms. The Morgan fingerprint density at radius 2 is 2.20 bits per heavy atom. The molecule has 0 bridgehead atoms. The molecule has 0 spiro atoms. The second-order valence-corrected chi connectivity index (χ2v) is 1.72. The monoisotopic (exact) mass is 336 g/mol. The van der Waals surface area contributed by atoms with Crippen LogP contribution in [0.3, 0.4) is 0 Å². The van der Waals surface area contributed by atoms with Gasteiger partial charge in [0.25, 0.3) is 0 Å². The number of allylic oxidation sites excluding steroid dienone is 2. The zero-order valence-corrected chi connectivity index (χ0v) is 11.6. The van der Waals surface area contributed by atoms with E-state index in [2.05, 4.69) is 6.58 Å². The SMILES string of the molecule is C=CCC=C(C)C(=O)O.[PbH2]. The Kier molecular flexibility index (Phi) is 8.76. The van der Waals surface area contributed by atoms with Gasteiger partial charge in [-0.3, -0.25) is 0 Å². The molecule has 0 atom stereocenters. The molecule has 0 rings (SSSR count). The first-order valence-corrected chi connectivity index (χ1v) is 2.69. The second-order valence-electron chi connectivity index (χ2n) is 1.72. The average Bonchev–Trinajstić information content (AvgIpc) is 1.82. The van der Waals surface area contributed by atoms with Crippen LogP contribution in [0.2, 0.25) is 0 Å². The molecule has 0 unspecified atom stereocenters. The summed E-state index contributed by atoms with van der Waals surface area (Å²) in [6.07, 6.45) is 3.90. The van der Waals surface area contributed by atoms with Crippen LogP contribution < -0.4 is 0 Å². The standard InChI is InChI=1S/C7H10O2.Pb.2H/c1-3-4-5-6(2)7(8)9;;;/h3,5H,1,4H2,2H3,(H,8,9);;;. The molecule has 0 aromatic heterocycles. The molecule has 0 fully saturated rings. The molecule has 56 valence electrons. The van der Waals surface area contributed by atoms with Gasteiger partial charge in [-0.05, 0) is 13.3 Å². The summed E-state index contributed by atoms with van der Waals surface area (Å²) in [5, 5.41) is 8.31. The van der Waals surface area contributed by atoms with Crippen LogP contribution in [-0.4, -0.2) is 38.4 Å². The zero-order chi connectivity index (χ0) is 7.28. The Labute approximate surface area is 80.8 Å². The van der Waals surface area contributed by atoms with E-state index in [1.54, 1.807) is 19.1 Å². The van der Waals surface area contributed by atoms with Crippen molar-refractivity contribution in [1.29, 1.82) is 0 Å². The predicted octanol–water partition coefficient (Wildman–Crippen LogP) is 0.677. The Morgan fingerprint density at radius 1 is 1.70 bits per heavy atom. The quantitative estimate of drug-likeness (QED) is 0.468. The third kappa shape index (κ3) is 6.00. The average molecular weight is 335 g/mol. The van der Waals surface area contributed by atoms with E-state index >= 15 is 0 Å². The molecule has 10 heavy (non-hydrogen) atoms. The van der Waals surface area contributed by atoms with E-state index < -0.39 is 5.97 Å². The molecule has 2 radical (unpaired) electrons. The molecule has 0 aliphatic heterocycles. The minimum atomic E-state index is -0.864. The topological polar surface area (TPSA) is 37.3 Å². The van der Waals surface area contributed by atoms with Gasteiger partial charge in [-0.25, -0.2) is 4.79 Å². The van der Waals surface area contributed by atoms with Gasteiger partial charge in [-0.15, -0.1) is 6.58 Å². The van der Waals surface area contributed by atoms with Gasteiger partial charge in [0.1, 0.15) is 0 Å². The van der Waals surface area contributed by atoms with Crippen molar-refractivity contribution >= 4 is 33.3 Å². The van der Waals surface area contributed by atoms with Crippen molar-refractivity contribution in [2.75, 3.05) is 0 Å². The minimum absolute atomic E-state index is 0. The number of aliphatic carboxylic acids is 1. The van der Waals surface area contributed by atoms with E-state index in [9.17, 15) is 4.79 Å². The van der Waals surface area contributed by atoms with E-state index in [4.69, 9.17) is 5.11 Å². The molecule has 0 saturated carbocycles. The summed E-state index contributed by atoms with van der Waals surface area (Å²) >= 11 is 0. The molecule has 0 aromatic carbocycles. The summed E-state index contributed by atoms with van der Waals surface area (Å²) in [6, 6.07) is 0. The second kappa shape index (κ2) is 6.98. The molecular formula is C7H12O2Pb. The van der Waals surface area contributed by atoms with Crippen molar-refractivity contribution in [3.8, 4) is 0 Å². The van der Waals surface area contributed by atoms with Crippen molar-refractivity contribution in [2.45, 2.75) is 13.3 Å². The van der Waals surface area contributed by atoms with Crippen LogP contribution in [0.25, 0.3) is 0 Å². The first-order chi connectivity index (χ1) is 4.18. The van der Waals surface area contributed by atoms with Crippen LogP contribution in [0.5, 0.6) is 0 Å². The van der Waals surface area contributed by atoms with E-state index in [0.29, 0.717) is 12.0 Å². The Bertz CT molecular complexity index is 150. The molecule has 0 saturated heterocycles. The molecule has 2 nitrogen and oxygen atoms in total. The molecule has 0 heterocycles. The van der Waals surface area contributed by atoms with Gasteiger partial charge in [0, 0.05) is 5.57 Å². The predicted molar refractivity (Wildman–Crippen MR) is 44.8 cm³/mol. The summed E-state index contributed by atoms with van der Waals surface area (Å²) in [6.45, 7) is 5.02. The van der Waals surface area contributed by atoms with Gasteiger partial charge in [0.15, 0.2) is 0 Å². The summed E-state index contributed by atoms with van der Waals surface area (Å²) < 4.78 is 0. The Morgan fingerprint density at radius 3 is 2.50 bits per heavy atom. The number of hydrogen-bond donors (Lipinski definition) is 1. The van der Waals surface area contributed by atoms with Crippen LogP contribution in [-0.2, 0) is 4.79 Å². The fourth-order valence-corrected chi connectivity index (χ4v) is 0.347. The third-order valence-electron chi connectivity index (χ3n) is 0.928. The summed E-state index contributed by atoms with van der Waals surface area (Å²) in [4.78, 5) is 10.1. The first-order valence-electron chi connectivity index (χ1n) is 2.69. The number of hydrogen-bond acceptors (Lipinski definition) is 1. The number of rotatable bonds is 3. The third-order valence-corrected chi connectivity index (χ3v) is 0.928. The molecule has 0 aliphatic rings. The van der Waals surface area contributed by atoms with Gasteiger partial charge in [0.2, 0.25) is 0 Å². The Balaban J connectivity index is 0. The van der Waals surface area contributed by atoms with E-state index in [1.807, 2.05) is 0 Å². The van der Waals surface area contributed by atoms with E-state index in [-0.39, 0.29) is 27.3 Å². The van der Waals surface area contributed by atoms with Crippen LogP contribution >= 0.6 is 0 Å². The molecule has 1 N–H and O–H groups in total. The van der Waals surface area contributed by atoms with Crippen LogP contribution in [0.1, 0.15) is 13.3 Å². The van der Waals surface area contributed by atoms with Crippen molar-refractivity contribution in [3.05, 3.63) is 24.3 Å². The summed E-state index contributed by atoms with van der Waals surface area (Å²) in [5.74, 6) is -0.864. The van der Waals surface area contributed by atoms with Gasteiger partial charge in [0.05, 0.1) is 0 Å². The molecule has 0 aliphatic carbocycles. The maximum atomic E-state index is 10.1. The number of carbonyl (C=O) groups is 1. The van der Waals surface area contributed by atoms with Gasteiger partial charge >= 0.3 is 33.3 Å². The van der Waals surface area contributed by atoms with Crippen molar-refractivity contribution in [1.82, 2.24) is 0 Å². The zero-order valence-electron chi connectivity index (χ0n) is 6.13. The van der Waals surface area contributed by atoms with Gasteiger partial charge < -0.3 is 5.11 Å². The molecule has 0 amide bonds. The number of carboxylic acid groups (broad SMARTS) is 1. The first kappa shape index (κ1) is 12.5. The number of carboxylic acids is 1. The van der Waals surface area contributed by atoms with Crippen molar-refractivity contribution in [2.24, 2.45) is 0 Å². The summed E-state index contributed by atoms with van der Waals surface area (Å²) in [7, 11) is 0. The van der Waals surface area contributed by atoms with Crippen LogP contribution in [0.4, 0.5) is 0 Å². The van der Waals surface area contributed by atoms with Crippen LogP contribution in [0.15, 0.2) is 24.3 Å². The van der Waals surface area contributed by atoms with E-state index in [0.717, 1.165) is 0 Å². The van der Waals surface area contributed by atoms with Crippen LogP contribution in [0, 0.1) is 0 Å². The van der Waals surface area contributed by atoms with Gasteiger partial charge in [-0.1, -0.05) is 12.2 Å². The van der Waals surface area contributed by atoms with Crippen molar-refractivity contribution in [3.63, 3.8) is 0 Å². The summed E-state index contributed by atoms with van der Waals surface area (Å²) in [5.41, 5.74) is 0.370. The van der Waals surface area contributed by atoms with E-state index in [1.165, 1.54) is 0 Å². The fraction of sp³-hybridized carbons (Fsp3) is 0.286. The Hall–Kier alpha value is -0.128.